The Balaban J connectivity index is 1.72. The Morgan fingerprint density at radius 2 is 2.13 bits per heavy atom. The first-order valence-corrected chi connectivity index (χ1v) is 8.15. The van der Waals surface area contributed by atoms with Crippen LogP contribution >= 0.6 is 11.8 Å². The van der Waals surface area contributed by atoms with Crippen molar-refractivity contribution in [1.29, 1.82) is 0 Å². The predicted octanol–water partition coefficient (Wildman–Crippen LogP) is 2.04. The third-order valence-corrected chi connectivity index (χ3v) is 6.13. The minimum Gasteiger partial charge on any atom is -0.480 e. The molecule has 2 aliphatic rings. The molecule has 1 amide bonds. The number of carbonyl (C=O) groups is 2. The number of nitro groups is 1. The van der Waals surface area contributed by atoms with Crippen LogP contribution in [0.25, 0.3) is 0 Å². The molecule has 0 bridgehead atoms. The highest BCUT2D eigenvalue weighted by Gasteiger charge is 2.60. The van der Waals surface area contributed by atoms with Crippen molar-refractivity contribution in [2.45, 2.75) is 42.3 Å². The first-order valence-electron chi connectivity index (χ1n) is 7.27. The summed E-state index contributed by atoms with van der Waals surface area (Å²) in [7, 11) is 0. The van der Waals surface area contributed by atoms with Gasteiger partial charge in [0.25, 0.3) is 5.69 Å². The van der Waals surface area contributed by atoms with Crippen molar-refractivity contribution in [1.82, 2.24) is 4.90 Å². The van der Waals surface area contributed by atoms with Crippen LogP contribution in [0.1, 0.15) is 25.3 Å². The molecule has 8 heteroatoms. The van der Waals surface area contributed by atoms with E-state index in [1.807, 2.05) is 6.92 Å². The number of aliphatic carboxylic acids is 1. The van der Waals surface area contributed by atoms with Gasteiger partial charge in [-0.2, -0.15) is 0 Å². The van der Waals surface area contributed by atoms with Gasteiger partial charge in [0.15, 0.2) is 0 Å². The SMILES string of the molecule is CC1(CCc2ccc([N+](=O)[O-])cc2)S[C@@H]2CC(=O)N2[C@H]1C(=O)O. The summed E-state index contributed by atoms with van der Waals surface area (Å²) in [6.07, 6.45) is 1.61. The van der Waals surface area contributed by atoms with Gasteiger partial charge >= 0.3 is 5.97 Å². The van der Waals surface area contributed by atoms with Gasteiger partial charge in [-0.3, -0.25) is 14.9 Å². The van der Waals surface area contributed by atoms with Crippen LogP contribution in [-0.2, 0) is 16.0 Å². The Morgan fingerprint density at radius 3 is 2.65 bits per heavy atom. The summed E-state index contributed by atoms with van der Waals surface area (Å²) in [6.45, 7) is 1.88. The molecule has 0 spiro atoms. The van der Waals surface area contributed by atoms with Gasteiger partial charge in [-0.15, -0.1) is 11.8 Å². The van der Waals surface area contributed by atoms with E-state index in [1.165, 1.54) is 17.0 Å². The van der Waals surface area contributed by atoms with E-state index in [0.717, 1.165) is 5.56 Å². The molecule has 2 heterocycles. The lowest BCUT2D eigenvalue weighted by Crippen LogP contribution is -2.57. The molecule has 3 atom stereocenters. The fourth-order valence-corrected chi connectivity index (χ4v) is 5.00. The lowest BCUT2D eigenvalue weighted by molar-refractivity contribution is -0.384. The molecule has 1 aromatic rings. The number of carboxylic acid groups (broad SMARTS) is 1. The van der Waals surface area contributed by atoms with Crippen LogP contribution in [0.2, 0.25) is 0 Å². The van der Waals surface area contributed by atoms with Crippen molar-refractivity contribution in [3.8, 4) is 0 Å². The van der Waals surface area contributed by atoms with Crippen molar-refractivity contribution in [2.24, 2.45) is 0 Å². The average Bonchev–Trinajstić information content (AvgIpc) is 2.74. The van der Waals surface area contributed by atoms with Crippen LogP contribution in [0, 0.1) is 10.1 Å². The number of rotatable bonds is 5. The standard InChI is InChI=1S/C15H16N2O5S/c1-15(7-6-9-2-4-10(5-3-9)17(21)22)13(14(19)20)16-11(18)8-12(16)23-15/h2-5,12-13H,6-8H2,1H3,(H,19,20)/t12-,13+,15?/m1/s1. The topological polar surface area (TPSA) is 101 Å². The number of nitro benzene ring substituents is 1. The third-order valence-electron chi connectivity index (χ3n) is 4.50. The van der Waals surface area contributed by atoms with Crippen molar-refractivity contribution in [3.63, 3.8) is 0 Å². The molecule has 1 aromatic carbocycles. The maximum atomic E-state index is 11.7. The molecule has 1 N–H and O–H groups in total. The minimum atomic E-state index is -0.973. The molecule has 2 fully saturated rings. The van der Waals surface area contributed by atoms with E-state index in [2.05, 4.69) is 0 Å². The summed E-state index contributed by atoms with van der Waals surface area (Å²) in [5.41, 5.74) is 0.954. The molecule has 1 unspecified atom stereocenters. The van der Waals surface area contributed by atoms with E-state index in [9.17, 15) is 24.8 Å². The molecule has 2 saturated heterocycles. The van der Waals surface area contributed by atoms with Gasteiger partial charge < -0.3 is 10.0 Å². The van der Waals surface area contributed by atoms with Crippen LogP contribution in [0.15, 0.2) is 24.3 Å². The fourth-order valence-electron chi connectivity index (χ4n) is 3.23. The first-order chi connectivity index (χ1) is 10.8. The highest BCUT2D eigenvalue weighted by molar-refractivity contribution is 8.01. The summed E-state index contributed by atoms with van der Waals surface area (Å²) in [4.78, 5) is 35.0. The van der Waals surface area contributed by atoms with Gasteiger partial charge in [-0.1, -0.05) is 12.1 Å². The largest absolute Gasteiger partial charge is 0.480 e. The summed E-state index contributed by atoms with van der Waals surface area (Å²) in [5.74, 6) is -1.08. The van der Waals surface area contributed by atoms with Crippen LogP contribution < -0.4 is 0 Å². The zero-order valence-corrected chi connectivity index (χ0v) is 13.3. The maximum Gasteiger partial charge on any atom is 0.327 e. The van der Waals surface area contributed by atoms with Gasteiger partial charge in [0.05, 0.1) is 16.7 Å². The predicted molar refractivity (Wildman–Crippen MR) is 84.1 cm³/mol. The fraction of sp³-hybridized carbons (Fsp3) is 0.467. The van der Waals surface area contributed by atoms with Gasteiger partial charge in [0, 0.05) is 16.9 Å². The Kier molecular flexibility index (Phi) is 3.79. The number of carbonyl (C=O) groups excluding carboxylic acids is 1. The van der Waals surface area contributed by atoms with Crippen LogP contribution in [0.5, 0.6) is 0 Å². The second-order valence-electron chi connectivity index (χ2n) is 6.05. The third kappa shape index (κ3) is 2.67. The lowest BCUT2D eigenvalue weighted by atomic mass is 9.90. The molecule has 7 nitrogen and oxygen atoms in total. The van der Waals surface area contributed by atoms with Gasteiger partial charge in [-0.05, 0) is 25.3 Å². The second-order valence-corrected chi connectivity index (χ2v) is 7.77. The molecule has 0 aromatic heterocycles. The van der Waals surface area contributed by atoms with E-state index in [4.69, 9.17) is 0 Å². The normalized spacial score (nSPS) is 29.1. The maximum absolute atomic E-state index is 11.7. The zero-order chi connectivity index (χ0) is 16.8. The Labute approximate surface area is 136 Å². The molecule has 0 aliphatic carbocycles. The van der Waals surface area contributed by atoms with Crippen molar-refractivity contribution < 1.29 is 19.6 Å². The second kappa shape index (κ2) is 5.52. The minimum absolute atomic E-state index is 0.0355. The van der Waals surface area contributed by atoms with E-state index < -0.39 is 21.7 Å². The van der Waals surface area contributed by atoms with Crippen LogP contribution in [0.3, 0.4) is 0 Å². The number of non-ortho nitro benzene ring substituents is 1. The monoisotopic (exact) mass is 336 g/mol. The molecule has 122 valence electrons. The number of thioether (sulfide) groups is 1. The quantitative estimate of drug-likeness (QED) is 0.502. The number of carboxylic acids is 1. The molecule has 2 aliphatic heterocycles. The summed E-state index contributed by atoms with van der Waals surface area (Å²) < 4.78 is -0.551. The molecule has 3 rings (SSSR count). The van der Waals surface area contributed by atoms with E-state index >= 15 is 0 Å². The molecule has 0 saturated carbocycles. The molecule has 23 heavy (non-hydrogen) atoms. The highest BCUT2D eigenvalue weighted by Crippen LogP contribution is 2.52. The zero-order valence-electron chi connectivity index (χ0n) is 12.5. The van der Waals surface area contributed by atoms with Gasteiger partial charge in [-0.25, -0.2) is 4.79 Å². The van der Waals surface area contributed by atoms with Crippen molar-refractivity contribution in [3.05, 3.63) is 39.9 Å². The van der Waals surface area contributed by atoms with E-state index in [-0.39, 0.29) is 17.0 Å². The smallest absolute Gasteiger partial charge is 0.327 e. The number of hydrogen-bond acceptors (Lipinski definition) is 5. The van der Waals surface area contributed by atoms with Crippen LogP contribution in [0.4, 0.5) is 5.69 Å². The van der Waals surface area contributed by atoms with Crippen LogP contribution in [-0.4, -0.2) is 43.0 Å². The average molecular weight is 336 g/mol. The number of aryl methyl sites for hydroxylation is 1. The Hall–Kier alpha value is -2.09. The number of hydrogen-bond donors (Lipinski definition) is 1. The first kappa shape index (κ1) is 15.8. The Bertz CT molecular complexity index is 677. The number of nitrogens with zero attached hydrogens (tertiary/aromatic N) is 2. The molecule has 0 radical (unpaired) electrons. The number of benzene rings is 1. The summed E-state index contributed by atoms with van der Waals surface area (Å²) in [6, 6.07) is 5.47. The number of fused-ring (bicyclic) bond motifs is 1. The molecular formula is C15H16N2O5S. The highest BCUT2D eigenvalue weighted by atomic mass is 32.2. The van der Waals surface area contributed by atoms with E-state index in [0.29, 0.717) is 19.3 Å². The van der Waals surface area contributed by atoms with Gasteiger partial charge in [0.2, 0.25) is 5.91 Å². The summed E-state index contributed by atoms with van der Waals surface area (Å²) in [5, 5.41) is 20.1. The van der Waals surface area contributed by atoms with Gasteiger partial charge in [0.1, 0.15) is 6.04 Å². The Morgan fingerprint density at radius 1 is 1.48 bits per heavy atom. The molecular weight excluding hydrogens is 320 g/mol. The number of amides is 1. The van der Waals surface area contributed by atoms with Crippen molar-refractivity contribution in [2.75, 3.05) is 0 Å². The van der Waals surface area contributed by atoms with Crippen molar-refractivity contribution >= 4 is 29.3 Å². The summed E-state index contributed by atoms with van der Waals surface area (Å²) >= 11 is 1.55. The van der Waals surface area contributed by atoms with E-state index in [1.54, 1.807) is 23.9 Å². The lowest BCUT2D eigenvalue weighted by Gasteiger charge is -2.37. The number of β-lactam (4-membered cyclic amide) rings is 1.